The number of H-pyrrole nitrogens is 1. The van der Waals surface area contributed by atoms with Crippen molar-refractivity contribution >= 4 is 5.96 Å². The van der Waals surface area contributed by atoms with Gasteiger partial charge in [-0.1, -0.05) is 20.8 Å². The van der Waals surface area contributed by atoms with Gasteiger partial charge in [-0.25, -0.2) is 4.98 Å². The van der Waals surface area contributed by atoms with Crippen molar-refractivity contribution in [3.8, 4) is 0 Å². The van der Waals surface area contributed by atoms with E-state index in [1.807, 2.05) is 7.05 Å². The second-order valence-electron chi connectivity index (χ2n) is 8.62. The molecule has 1 aromatic rings. The van der Waals surface area contributed by atoms with Crippen molar-refractivity contribution in [3.63, 3.8) is 0 Å². The lowest BCUT2D eigenvalue weighted by Crippen LogP contribution is -2.50. The number of hydrogen-bond donors (Lipinski definition) is 2. The molecule has 2 unspecified atom stereocenters. The first-order valence-electron chi connectivity index (χ1n) is 9.91. The van der Waals surface area contributed by atoms with Crippen molar-refractivity contribution in [2.75, 3.05) is 33.3 Å². The van der Waals surface area contributed by atoms with Crippen molar-refractivity contribution in [1.29, 1.82) is 0 Å². The molecule has 0 spiro atoms. The molecule has 2 fully saturated rings. The summed E-state index contributed by atoms with van der Waals surface area (Å²) in [5.74, 6) is 3.04. The van der Waals surface area contributed by atoms with Crippen LogP contribution in [-0.2, 0) is 4.74 Å². The Morgan fingerprint density at radius 3 is 2.73 bits per heavy atom. The molecule has 0 aliphatic carbocycles. The van der Waals surface area contributed by atoms with Crippen molar-refractivity contribution < 1.29 is 4.74 Å². The lowest BCUT2D eigenvalue weighted by atomic mass is 9.78. The van der Waals surface area contributed by atoms with Crippen LogP contribution in [0, 0.1) is 11.3 Å². The molecule has 2 N–H and O–H groups in total. The van der Waals surface area contributed by atoms with E-state index in [2.05, 4.69) is 51.2 Å². The van der Waals surface area contributed by atoms with Crippen LogP contribution < -0.4 is 5.32 Å². The third-order valence-corrected chi connectivity index (χ3v) is 5.65. The maximum absolute atomic E-state index is 6.11. The number of guanidine groups is 1. The number of aromatic nitrogens is 3. The molecule has 3 rings (SSSR count). The van der Waals surface area contributed by atoms with E-state index in [0.29, 0.717) is 17.9 Å². The highest BCUT2D eigenvalue weighted by Gasteiger charge is 2.35. The van der Waals surface area contributed by atoms with Crippen LogP contribution in [0.4, 0.5) is 0 Å². The minimum atomic E-state index is 0.172. The molecule has 0 radical (unpaired) electrons. The lowest BCUT2D eigenvalue weighted by Gasteiger charge is -2.41. The molecular formula is C19H34N6O. The van der Waals surface area contributed by atoms with Crippen molar-refractivity contribution in [3.05, 3.63) is 12.2 Å². The summed E-state index contributed by atoms with van der Waals surface area (Å²) >= 11 is 0. The summed E-state index contributed by atoms with van der Waals surface area (Å²) in [6.45, 7) is 10.6. The molecule has 0 aromatic carbocycles. The molecule has 2 aliphatic heterocycles. The second kappa shape index (κ2) is 8.37. The smallest absolute Gasteiger partial charge is 0.193 e. The Morgan fingerprint density at radius 1 is 1.35 bits per heavy atom. The summed E-state index contributed by atoms with van der Waals surface area (Å²) in [6.07, 6.45) is 6.43. The zero-order valence-electron chi connectivity index (χ0n) is 16.7. The van der Waals surface area contributed by atoms with E-state index in [-0.39, 0.29) is 5.41 Å². The van der Waals surface area contributed by atoms with E-state index in [1.165, 1.54) is 6.42 Å². The van der Waals surface area contributed by atoms with Crippen LogP contribution in [-0.4, -0.2) is 65.4 Å². The molecule has 0 amide bonds. The van der Waals surface area contributed by atoms with Crippen LogP contribution in [0.5, 0.6) is 0 Å². The number of ether oxygens (including phenoxy) is 1. The quantitative estimate of drug-likeness (QED) is 0.638. The minimum Gasteiger partial charge on any atom is -0.377 e. The highest BCUT2D eigenvalue weighted by Crippen LogP contribution is 2.33. The van der Waals surface area contributed by atoms with Crippen LogP contribution in [0.1, 0.15) is 58.2 Å². The van der Waals surface area contributed by atoms with Gasteiger partial charge in [-0.2, -0.15) is 5.10 Å². The molecule has 2 atom stereocenters. The minimum absolute atomic E-state index is 0.172. The molecule has 1 aromatic heterocycles. The summed E-state index contributed by atoms with van der Waals surface area (Å²) in [4.78, 5) is 11.2. The Hall–Kier alpha value is -1.63. The number of hydrogen-bond acceptors (Lipinski definition) is 4. The lowest BCUT2D eigenvalue weighted by molar-refractivity contribution is -0.0836. The van der Waals surface area contributed by atoms with Gasteiger partial charge in [0.15, 0.2) is 5.96 Å². The normalized spacial score (nSPS) is 26.2. The van der Waals surface area contributed by atoms with Gasteiger partial charge in [0.25, 0.3) is 0 Å². The van der Waals surface area contributed by atoms with E-state index < -0.39 is 0 Å². The standard InChI is InChI=1S/C19H34N6O/c1-19(2,3)16-15(6-5-11-26-16)12-21-18(20-4)25-9-7-14(8-10-25)17-22-13-23-24-17/h13-16H,5-12H2,1-4H3,(H,20,21)(H,22,23,24). The molecule has 26 heavy (non-hydrogen) atoms. The Morgan fingerprint density at radius 2 is 2.12 bits per heavy atom. The largest absolute Gasteiger partial charge is 0.377 e. The number of nitrogens with zero attached hydrogens (tertiary/aromatic N) is 4. The number of likely N-dealkylation sites (tertiary alicyclic amines) is 1. The average molecular weight is 363 g/mol. The van der Waals surface area contributed by atoms with Gasteiger partial charge in [-0.05, 0) is 31.1 Å². The van der Waals surface area contributed by atoms with Gasteiger partial charge in [0.1, 0.15) is 12.2 Å². The van der Waals surface area contributed by atoms with Gasteiger partial charge >= 0.3 is 0 Å². The monoisotopic (exact) mass is 362 g/mol. The molecule has 2 saturated heterocycles. The van der Waals surface area contributed by atoms with Crippen molar-refractivity contribution in [2.45, 2.75) is 58.5 Å². The fourth-order valence-corrected chi connectivity index (χ4v) is 4.34. The number of aromatic amines is 1. The Bertz CT molecular complexity index is 571. The summed E-state index contributed by atoms with van der Waals surface area (Å²) in [6, 6.07) is 0. The van der Waals surface area contributed by atoms with Crippen LogP contribution >= 0.6 is 0 Å². The predicted molar refractivity (Wildman–Crippen MR) is 103 cm³/mol. The van der Waals surface area contributed by atoms with E-state index in [4.69, 9.17) is 4.74 Å². The van der Waals surface area contributed by atoms with Gasteiger partial charge in [0.05, 0.1) is 6.10 Å². The third-order valence-electron chi connectivity index (χ3n) is 5.65. The van der Waals surface area contributed by atoms with Crippen LogP contribution in [0.15, 0.2) is 11.3 Å². The maximum Gasteiger partial charge on any atom is 0.193 e. The summed E-state index contributed by atoms with van der Waals surface area (Å²) in [5, 5.41) is 10.6. The topological polar surface area (TPSA) is 78.4 Å². The maximum atomic E-state index is 6.11. The number of nitrogens with one attached hydrogen (secondary N) is 2. The summed E-state index contributed by atoms with van der Waals surface area (Å²) in [5.41, 5.74) is 0.172. The van der Waals surface area contributed by atoms with E-state index in [0.717, 1.165) is 57.3 Å². The molecule has 0 saturated carbocycles. The molecule has 2 aliphatic rings. The van der Waals surface area contributed by atoms with Crippen molar-refractivity contribution in [1.82, 2.24) is 25.4 Å². The molecule has 3 heterocycles. The Balaban J connectivity index is 1.52. The van der Waals surface area contributed by atoms with E-state index in [1.54, 1.807) is 6.33 Å². The SMILES string of the molecule is CN=C(NCC1CCCOC1C(C)(C)C)N1CCC(c2ncn[nH]2)CC1. The molecule has 7 heteroatoms. The van der Waals surface area contributed by atoms with Gasteiger partial charge < -0.3 is 15.0 Å². The predicted octanol–water partition coefficient (Wildman–Crippen LogP) is 2.40. The number of rotatable bonds is 3. The first-order valence-corrected chi connectivity index (χ1v) is 9.91. The van der Waals surface area contributed by atoms with Gasteiger partial charge in [0, 0.05) is 45.1 Å². The summed E-state index contributed by atoms with van der Waals surface area (Å²) < 4.78 is 6.11. The molecule has 7 nitrogen and oxygen atoms in total. The van der Waals surface area contributed by atoms with Gasteiger partial charge in [-0.15, -0.1) is 0 Å². The van der Waals surface area contributed by atoms with E-state index in [9.17, 15) is 0 Å². The van der Waals surface area contributed by atoms with Crippen LogP contribution in [0.25, 0.3) is 0 Å². The van der Waals surface area contributed by atoms with Crippen LogP contribution in [0.2, 0.25) is 0 Å². The first-order chi connectivity index (χ1) is 12.5. The van der Waals surface area contributed by atoms with E-state index >= 15 is 0 Å². The molecule has 146 valence electrons. The highest BCUT2D eigenvalue weighted by molar-refractivity contribution is 5.80. The van der Waals surface area contributed by atoms with Crippen molar-refractivity contribution in [2.24, 2.45) is 16.3 Å². The Labute approximate surface area is 157 Å². The zero-order valence-corrected chi connectivity index (χ0v) is 16.7. The number of piperidine rings is 1. The summed E-state index contributed by atoms with van der Waals surface area (Å²) in [7, 11) is 1.88. The first kappa shape index (κ1) is 19.1. The average Bonchev–Trinajstić information content (AvgIpc) is 3.17. The second-order valence-corrected chi connectivity index (χ2v) is 8.62. The Kier molecular flexibility index (Phi) is 6.16. The molecular weight excluding hydrogens is 328 g/mol. The van der Waals surface area contributed by atoms with Gasteiger partial charge in [0.2, 0.25) is 0 Å². The van der Waals surface area contributed by atoms with Gasteiger partial charge in [-0.3, -0.25) is 10.1 Å². The van der Waals surface area contributed by atoms with Crippen LogP contribution in [0.3, 0.4) is 0 Å². The molecule has 0 bridgehead atoms. The number of aliphatic imine (C=N–C) groups is 1. The fraction of sp³-hybridized carbons (Fsp3) is 0.842. The fourth-order valence-electron chi connectivity index (χ4n) is 4.34. The highest BCUT2D eigenvalue weighted by atomic mass is 16.5. The zero-order chi connectivity index (χ0) is 18.6. The third kappa shape index (κ3) is 4.55.